The highest BCUT2D eigenvalue weighted by molar-refractivity contribution is 4.94. The van der Waals surface area contributed by atoms with Gasteiger partial charge in [0.1, 0.15) is 0 Å². The van der Waals surface area contributed by atoms with Gasteiger partial charge in [-0.05, 0) is 12.8 Å². The van der Waals surface area contributed by atoms with Crippen LogP contribution in [0.2, 0.25) is 0 Å². The second-order valence-electron chi connectivity index (χ2n) is 3.57. The predicted octanol–water partition coefficient (Wildman–Crippen LogP) is 1.30. The van der Waals surface area contributed by atoms with Crippen LogP contribution in [0, 0.1) is 17.2 Å². The molecular formula is C10H18N2O. The first-order chi connectivity index (χ1) is 6.38. The summed E-state index contributed by atoms with van der Waals surface area (Å²) < 4.78 is 4.96. The highest BCUT2D eigenvalue weighted by Gasteiger charge is 2.23. The van der Waals surface area contributed by atoms with E-state index in [-0.39, 0.29) is 5.92 Å². The van der Waals surface area contributed by atoms with Gasteiger partial charge in [-0.3, -0.25) is 0 Å². The Morgan fingerprint density at radius 1 is 1.46 bits per heavy atom. The van der Waals surface area contributed by atoms with Crippen molar-refractivity contribution in [1.82, 2.24) is 5.32 Å². The summed E-state index contributed by atoms with van der Waals surface area (Å²) >= 11 is 0. The minimum atomic E-state index is 0.214. The number of rotatable bonds is 4. The van der Waals surface area contributed by atoms with Crippen molar-refractivity contribution in [3.63, 3.8) is 0 Å². The Labute approximate surface area is 80.1 Å². The highest BCUT2D eigenvalue weighted by Crippen LogP contribution is 2.23. The van der Waals surface area contributed by atoms with Crippen LogP contribution in [0.5, 0.6) is 0 Å². The van der Waals surface area contributed by atoms with E-state index in [1.165, 1.54) is 12.8 Å². The van der Waals surface area contributed by atoms with Crippen molar-refractivity contribution in [2.75, 3.05) is 20.3 Å². The molecule has 0 heterocycles. The minimum Gasteiger partial charge on any atom is -0.383 e. The summed E-state index contributed by atoms with van der Waals surface area (Å²) in [5.74, 6) is 0.214. The third-order valence-electron chi connectivity index (χ3n) is 2.64. The summed E-state index contributed by atoms with van der Waals surface area (Å²) in [6.07, 6.45) is 4.66. The molecule has 1 rings (SSSR count). The Balaban J connectivity index is 2.24. The largest absolute Gasteiger partial charge is 0.383 e. The molecule has 1 N–H and O–H groups in total. The van der Waals surface area contributed by atoms with E-state index in [9.17, 15) is 0 Å². The van der Waals surface area contributed by atoms with Crippen LogP contribution in [-0.2, 0) is 4.74 Å². The molecule has 0 spiro atoms. The number of nitrogens with one attached hydrogen (secondary N) is 1. The van der Waals surface area contributed by atoms with Crippen molar-refractivity contribution in [2.24, 2.45) is 5.92 Å². The molecule has 3 heteroatoms. The van der Waals surface area contributed by atoms with Gasteiger partial charge in [0.15, 0.2) is 0 Å². The van der Waals surface area contributed by atoms with Crippen LogP contribution < -0.4 is 5.32 Å². The number of nitrogens with zero attached hydrogens (tertiary/aromatic N) is 1. The lowest BCUT2D eigenvalue weighted by molar-refractivity contribution is 0.187. The highest BCUT2D eigenvalue weighted by atomic mass is 16.5. The summed E-state index contributed by atoms with van der Waals surface area (Å²) in [4.78, 5) is 0. The first kappa shape index (κ1) is 10.5. The smallest absolute Gasteiger partial charge is 0.0672 e. The average Bonchev–Trinajstić information content (AvgIpc) is 2.19. The molecule has 2 atom stereocenters. The second kappa shape index (κ2) is 5.95. The van der Waals surface area contributed by atoms with E-state index in [0.717, 1.165) is 26.0 Å². The Bertz CT molecular complexity index is 176. The van der Waals surface area contributed by atoms with Gasteiger partial charge in [0.05, 0.1) is 18.6 Å². The van der Waals surface area contributed by atoms with Crippen molar-refractivity contribution in [2.45, 2.75) is 31.7 Å². The van der Waals surface area contributed by atoms with Gasteiger partial charge in [0, 0.05) is 19.7 Å². The van der Waals surface area contributed by atoms with E-state index in [2.05, 4.69) is 11.4 Å². The molecular weight excluding hydrogens is 164 g/mol. The maximum atomic E-state index is 8.90. The van der Waals surface area contributed by atoms with Crippen molar-refractivity contribution in [3.8, 4) is 6.07 Å². The first-order valence-electron chi connectivity index (χ1n) is 5.00. The SMILES string of the molecule is COCCNC1CCCCC1C#N. The van der Waals surface area contributed by atoms with Crippen LogP contribution in [0.4, 0.5) is 0 Å². The summed E-state index contributed by atoms with van der Waals surface area (Å²) in [6, 6.07) is 2.77. The fourth-order valence-corrected chi connectivity index (χ4v) is 1.88. The quantitative estimate of drug-likeness (QED) is 0.667. The van der Waals surface area contributed by atoms with Gasteiger partial charge in [-0.15, -0.1) is 0 Å². The van der Waals surface area contributed by atoms with Crippen LogP contribution in [-0.4, -0.2) is 26.3 Å². The van der Waals surface area contributed by atoms with Crippen LogP contribution >= 0.6 is 0 Å². The second-order valence-corrected chi connectivity index (χ2v) is 3.57. The van der Waals surface area contributed by atoms with Gasteiger partial charge in [0.25, 0.3) is 0 Å². The van der Waals surface area contributed by atoms with E-state index in [1.807, 2.05) is 0 Å². The molecule has 0 bridgehead atoms. The molecule has 0 amide bonds. The summed E-state index contributed by atoms with van der Waals surface area (Å²) in [5.41, 5.74) is 0. The van der Waals surface area contributed by atoms with Crippen molar-refractivity contribution >= 4 is 0 Å². The number of methoxy groups -OCH3 is 1. The fourth-order valence-electron chi connectivity index (χ4n) is 1.88. The monoisotopic (exact) mass is 182 g/mol. The third kappa shape index (κ3) is 3.33. The van der Waals surface area contributed by atoms with Gasteiger partial charge >= 0.3 is 0 Å². The Morgan fingerprint density at radius 3 is 2.92 bits per heavy atom. The van der Waals surface area contributed by atoms with E-state index in [0.29, 0.717) is 6.04 Å². The Hall–Kier alpha value is -0.590. The van der Waals surface area contributed by atoms with Crippen molar-refractivity contribution in [1.29, 1.82) is 5.26 Å². The van der Waals surface area contributed by atoms with Gasteiger partial charge in [-0.2, -0.15) is 5.26 Å². The molecule has 0 radical (unpaired) electrons. The zero-order valence-electron chi connectivity index (χ0n) is 8.25. The molecule has 0 saturated heterocycles. The number of nitriles is 1. The lowest BCUT2D eigenvalue weighted by Gasteiger charge is -2.27. The summed E-state index contributed by atoms with van der Waals surface area (Å²) in [6.45, 7) is 1.59. The van der Waals surface area contributed by atoms with Gasteiger partial charge in [-0.25, -0.2) is 0 Å². The molecule has 1 aliphatic carbocycles. The van der Waals surface area contributed by atoms with Crippen molar-refractivity contribution in [3.05, 3.63) is 0 Å². The molecule has 74 valence electrons. The Morgan fingerprint density at radius 2 is 2.23 bits per heavy atom. The van der Waals surface area contributed by atoms with Crippen LogP contribution in [0.15, 0.2) is 0 Å². The molecule has 1 saturated carbocycles. The molecule has 3 nitrogen and oxygen atoms in total. The maximum absolute atomic E-state index is 8.90. The molecule has 1 aliphatic rings. The fraction of sp³-hybridized carbons (Fsp3) is 0.900. The van der Waals surface area contributed by atoms with E-state index in [4.69, 9.17) is 10.00 Å². The van der Waals surface area contributed by atoms with Gasteiger partial charge in [-0.1, -0.05) is 12.8 Å². The van der Waals surface area contributed by atoms with Gasteiger partial charge < -0.3 is 10.1 Å². The normalized spacial score (nSPS) is 28.3. The maximum Gasteiger partial charge on any atom is 0.0672 e. The number of hydrogen-bond acceptors (Lipinski definition) is 3. The van der Waals surface area contributed by atoms with Crippen molar-refractivity contribution < 1.29 is 4.74 Å². The molecule has 0 aromatic rings. The Kier molecular flexibility index (Phi) is 4.81. The molecule has 0 aromatic carbocycles. The summed E-state index contributed by atoms with van der Waals surface area (Å²) in [5, 5.41) is 12.3. The average molecular weight is 182 g/mol. The third-order valence-corrected chi connectivity index (χ3v) is 2.64. The molecule has 0 aliphatic heterocycles. The zero-order valence-corrected chi connectivity index (χ0v) is 8.25. The molecule has 13 heavy (non-hydrogen) atoms. The lowest BCUT2D eigenvalue weighted by Crippen LogP contribution is -2.39. The van der Waals surface area contributed by atoms with Crippen LogP contribution in [0.1, 0.15) is 25.7 Å². The first-order valence-corrected chi connectivity index (χ1v) is 5.00. The lowest BCUT2D eigenvalue weighted by atomic mass is 9.85. The topological polar surface area (TPSA) is 45.0 Å². The molecule has 2 unspecified atom stereocenters. The van der Waals surface area contributed by atoms with E-state index < -0.39 is 0 Å². The number of hydrogen-bond donors (Lipinski definition) is 1. The van der Waals surface area contributed by atoms with Crippen LogP contribution in [0.3, 0.4) is 0 Å². The van der Waals surface area contributed by atoms with Gasteiger partial charge in [0.2, 0.25) is 0 Å². The zero-order chi connectivity index (χ0) is 9.52. The minimum absolute atomic E-state index is 0.214. The standard InChI is InChI=1S/C10H18N2O/c1-13-7-6-12-10-5-3-2-4-9(10)8-11/h9-10,12H,2-7H2,1H3. The van der Waals surface area contributed by atoms with Crippen LogP contribution in [0.25, 0.3) is 0 Å². The number of ether oxygens (including phenoxy) is 1. The van der Waals surface area contributed by atoms with E-state index in [1.54, 1.807) is 7.11 Å². The molecule has 0 aromatic heterocycles. The predicted molar refractivity (Wildman–Crippen MR) is 51.2 cm³/mol. The van der Waals surface area contributed by atoms with E-state index >= 15 is 0 Å². The molecule has 1 fully saturated rings. The summed E-state index contributed by atoms with van der Waals surface area (Å²) in [7, 11) is 1.70.